The third kappa shape index (κ3) is 2.84. The number of hydrogen-bond donors (Lipinski definition) is 2. The first-order chi connectivity index (χ1) is 13.7. The summed E-state index contributed by atoms with van der Waals surface area (Å²) < 4.78 is 0. The fourth-order valence-corrected chi connectivity index (χ4v) is 4.06. The van der Waals surface area contributed by atoms with Crippen molar-refractivity contribution in [3.8, 4) is 0 Å². The monoisotopic (exact) mass is 366 g/mol. The van der Waals surface area contributed by atoms with Crippen LogP contribution in [0, 0.1) is 0 Å². The Balaban J connectivity index is 2.14. The maximum atomic E-state index is 11.8. The van der Waals surface area contributed by atoms with E-state index in [9.17, 15) is 10.2 Å². The minimum atomic E-state index is -2.18. The van der Waals surface area contributed by atoms with Crippen molar-refractivity contribution >= 4 is 0 Å². The van der Waals surface area contributed by atoms with Crippen molar-refractivity contribution in [1.29, 1.82) is 0 Å². The van der Waals surface area contributed by atoms with Crippen LogP contribution in [0.5, 0.6) is 0 Å². The molecular weight excluding hydrogens is 344 g/mol. The zero-order chi connectivity index (χ0) is 19.5. The van der Waals surface area contributed by atoms with Crippen LogP contribution < -0.4 is 0 Å². The summed E-state index contributed by atoms with van der Waals surface area (Å²) in [5, 5.41) is 23.6. The minimum Gasteiger partial charge on any atom is -0.361 e. The highest BCUT2D eigenvalue weighted by Crippen LogP contribution is 2.50. The highest BCUT2D eigenvalue weighted by molar-refractivity contribution is 5.54. The van der Waals surface area contributed by atoms with Gasteiger partial charge >= 0.3 is 0 Å². The maximum Gasteiger partial charge on any atom is 0.208 e. The molecule has 0 radical (unpaired) electrons. The average Bonchev–Trinajstić information content (AvgIpc) is 2.77. The van der Waals surface area contributed by atoms with Gasteiger partial charge in [0.1, 0.15) is 5.41 Å². The second kappa shape index (κ2) is 7.43. The summed E-state index contributed by atoms with van der Waals surface area (Å²) in [5.41, 5.74) is 1.65. The number of rotatable bonds is 5. The summed E-state index contributed by atoms with van der Waals surface area (Å²) in [5.74, 6) is -2.18. The second-order valence-electron chi connectivity index (χ2n) is 6.89. The normalized spacial score (nSPS) is 11.9. The fraction of sp³-hybridized carbons (Fsp3) is 0.0769. The van der Waals surface area contributed by atoms with Crippen LogP contribution in [-0.4, -0.2) is 10.2 Å². The standard InChI is InChI=1S/C26H22O2/c27-26(28,24-19-11-4-12-20-24)25(21-13-5-1-6-14-21,22-15-7-2-8-16-22)23-17-9-3-10-18-23/h1-20,27-28H. The second-order valence-corrected chi connectivity index (χ2v) is 6.89. The van der Waals surface area contributed by atoms with E-state index in [1.54, 1.807) is 12.1 Å². The van der Waals surface area contributed by atoms with Crippen LogP contribution in [0.2, 0.25) is 0 Å². The Bertz CT molecular complexity index is 914. The zero-order valence-electron chi connectivity index (χ0n) is 15.4. The Morgan fingerprint density at radius 1 is 0.357 bits per heavy atom. The summed E-state index contributed by atoms with van der Waals surface area (Å²) in [6.45, 7) is 0. The largest absolute Gasteiger partial charge is 0.361 e. The van der Waals surface area contributed by atoms with E-state index in [2.05, 4.69) is 0 Å². The van der Waals surface area contributed by atoms with Crippen LogP contribution in [0.15, 0.2) is 121 Å². The molecule has 0 aliphatic heterocycles. The molecule has 0 aromatic heterocycles. The van der Waals surface area contributed by atoms with Crippen molar-refractivity contribution in [2.75, 3.05) is 0 Å². The molecule has 0 atom stereocenters. The molecule has 0 saturated heterocycles. The minimum absolute atomic E-state index is 0.437. The Morgan fingerprint density at radius 3 is 0.893 bits per heavy atom. The van der Waals surface area contributed by atoms with Crippen molar-refractivity contribution in [3.05, 3.63) is 144 Å². The SMILES string of the molecule is OC(O)(c1ccccc1)C(c1ccccc1)(c1ccccc1)c1ccccc1. The van der Waals surface area contributed by atoms with E-state index >= 15 is 0 Å². The van der Waals surface area contributed by atoms with Gasteiger partial charge in [0.05, 0.1) is 0 Å². The molecule has 0 bridgehead atoms. The predicted molar refractivity (Wildman–Crippen MR) is 112 cm³/mol. The van der Waals surface area contributed by atoms with Gasteiger partial charge in [-0.2, -0.15) is 0 Å². The molecule has 138 valence electrons. The van der Waals surface area contributed by atoms with Gasteiger partial charge in [-0.1, -0.05) is 121 Å². The van der Waals surface area contributed by atoms with Crippen LogP contribution in [0.4, 0.5) is 0 Å². The Morgan fingerprint density at radius 2 is 0.607 bits per heavy atom. The van der Waals surface area contributed by atoms with Crippen molar-refractivity contribution in [3.63, 3.8) is 0 Å². The molecule has 2 heteroatoms. The molecule has 0 unspecified atom stereocenters. The first kappa shape index (κ1) is 18.2. The summed E-state index contributed by atoms with van der Waals surface area (Å²) in [6, 6.07) is 38.1. The molecule has 0 amide bonds. The molecule has 4 aromatic carbocycles. The molecule has 0 heterocycles. The Hall–Kier alpha value is -3.20. The van der Waals surface area contributed by atoms with Gasteiger partial charge in [-0.25, -0.2) is 0 Å². The van der Waals surface area contributed by atoms with Gasteiger partial charge < -0.3 is 10.2 Å². The third-order valence-electron chi connectivity index (χ3n) is 5.32. The van der Waals surface area contributed by atoms with Crippen molar-refractivity contribution < 1.29 is 10.2 Å². The zero-order valence-corrected chi connectivity index (χ0v) is 15.4. The predicted octanol–water partition coefficient (Wildman–Crippen LogP) is 4.86. The lowest BCUT2D eigenvalue weighted by Crippen LogP contribution is -2.51. The summed E-state index contributed by atoms with van der Waals surface area (Å²) in [4.78, 5) is 0. The molecule has 4 rings (SSSR count). The van der Waals surface area contributed by atoms with Crippen molar-refractivity contribution in [1.82, 2.24) is 0 Å². The smallest absolute Gasteiger partial charge is 0.208 e. The van der Waals surface area contributed by atoms with Gasteiger partial charge in [0.15, 0.2) is 0 Å². The highest BCUT2D eigenvalue weighted by Gasteiger charge is 2.54. The first-order valence-corrected chi connectivity index (χ1v) is 9.34. The number of benzene rings is 4. The molecule has 0 aliphatic carbocycles. The van der Waals surface area contributed by atoms with E-state index in [1.165, 1.54) is 0 Å². The third-order valence-corrected chi connectivity index (χ3v) is 5.32. The lowest BCUT2D eigenvalue weighted by Gasteiger charge is -2.45. The van der Waals surface area contributed by atoms with Gasteiger partial charge in [-0.3, -0.25) is 0 Å². The molecule has 0 saturated carbocycles. The quantitative estimate of drug-likeness (QED) is 0.391. The van der Waals surface area contributed by atoms with E-state index < -0.39 is 11.2 Å². The summed E-state index contributed by atoms with van der Waals surface area (Å²) >= 11 is 0. The van der Waals surface area contributed by atoms with Gasteiger partial charge in [-0.15, -0.1) is 0 Å². The molecule has 4 aromatic rings. The Kier molecular flexibility index (Phi) is 4.82. The van der Waals surface area contributed by atoms with E-state index in [1.807, 2.05) is 109 Å². The highest BCUT2D eigenvalue weighted by atomic mass is 16.5. The van der Waals surface area contributed by atoms with Crippen molar-refractivity contribution in [2.24, 2.45) is 0 Å². The summed E-state index contributed by atoms with van der Waals surface area (Å²) in [7, 11) is 0. The van der Waals surface area contributed by atoms with Gasteiger partial charge in [0.2, 0.25) is 5.79 Å². The molecule has 2 nitrogen and oxygen atoms in total. The van der Waals surface area contributed by atoms with E-state index in [4.69, 9.17) is 0 Å². The van der Waals surface area contributed by atoms with Crippen LogP contribution >= 0.6 is 0 Å². The molecule has 0 fully saturated rings. The van der Waals surface area contributed by atoms with E-state index in [-0.39, 0.29) is 0 Å². The number of hydrogen-bond acceptors (Lipinski definition) is 2. The lowest BCUT2D eigenvalue weighted by molar-refractivity contribution is -0.203. The molecule has 0 aliphatic rings. The van der Waals surface area contributed by atoms with Crippen LogP contribution in [0.3, 0.4) is 0 Å². The van der Waals surface area contributed by atoms with Crippen LogP contribution in [0.1, 0.15) is 22.3 Å². The molecular formula is C26H22O2. The molecule has 2 N–H and O–H groups in total. The van der Waals surface area contributed by atoms with Crippen molar-refractivity contribution in [2.45, 2.75) is 11.2 Å². The number of aliphatic hydroxyl groups is 2. The fourth-order valence-electron chi connectivity index (χ4n) is 4.06. The van der Waals surface area contributed by atoms with Crippen LogP contribution in [0.25, 0.3) is 0 Å². The molecule has 28 heavy (non-hydrogen) atoms. The first-order valence-electron chi connectivity index (χ1n) is 9.34. The lowest BCUT2D eigenvalue weighted by atomic mass is 9.62. The van der Waals surface area contributed by atoms with Gasteiger partial charge in [0.25, 0.3) is 0 Å². The maximum absolute atomic E-state index is 11.8. The van der Waals surface area contributed by atoms with Crippen LogP contribution in [-0.2, 0) is 11.2 Å². The Labute approximate surface area is 165 Å². The topological polar surface area (TPSA) is 40.5 Å². The van der Waals surface area contributed by atoms with E-state index in [0.29, 0.717) is 5.56 Å². The van der Waals surface area contributed by atoms with Gasteiger partial charge in [-0.05, 0) is 16.7 Å². The molecule has 0 spiro atoms. The summed E-state index contributed by atoms with van der Waals surface area (Å²) in [6.07, 6.45) is 0. The van der Waals surface area contributed by atoms with E-state index in [0.717, 1.165) is 16.7 Å². The van der Waals surface area contributed by atoms with Gasteiger partial charge in [0, 0.05) is 5.56 Å². The average molecular weight is 366 g/mol.